The maximum Gasteiger partial charge on any atom is 0.509 e. The van der Waals surface area contributed by atoms with E-state index in [2.05, 4.69) is 22.6 Å². The van der Waals surface area contributed by atoms with E-state index in [1.165, 1.54) is 6.42 Å². The minimum absolute atomic E-state index is 0.00656. The molecule has 0 radical (unpaired) electrons. The van der Waals surface area contributed by atoms with E-state index in [4.69, 9.17) is 14.2 Å². The Labute approximate surface area is 148 Å². The zero-order chi connectivity index (χ0) is 15.9. The molecule has 23 heavy (non-hydrogen) atoms. The van der Waals surface area contributed by atoms with Crippen LogP contribution < -0.4 is 0 Å². The maximum atomic E-state index is 12.2. The molecule has 10 atom stereocenters. The summed E-state index contributed by atoms with van der Waals surface area (Å²) in [7, 11) is 0. The summed E-state index contributed by atoms with van der Waals surface area (Å²) < 4.78 is 16.7. The van der Waals surface area contributed by atoms with E-state index >= 15 is 0 Å². The molecule has 0 spiro atoms. The molecule has 4 saturated carbocycles. The lowest BCUT2D eigenvalue weighted by molar-refractivity contribution is -0.153. The summed E-state index contributed by atoms with van der Waals surface area (Å²) in [4.78, 5) is 23.6. The quantitative estimate of drug-likeness (QED) is 0.297. The number of esters is 1. The van der Waals surface area contributed by atoms with Crippen LogP contribution in [0, 0.1) is 35.5 Å². The van der Waals surface area contributed by atoms with E-state index in [9.17, 15) is 9.59 Å². The molecule has 0 aromatic rings. The Morgan fingerprint density at radius 2 is 1.87 bits per heavy atom. The fourth-order valence-electron chi connectivity index (χ4n) is 6.53. The van der Waals surface area contributed by atoms with Crippen LogP contribution in [0.2, 0.25) is 0 Å². The maximum absolute atomic E-state index is 12.2. The van der Waals surface area contributed by atoms with Gasteiger partial charge in [-0.25, -0.2) is 4.79 Å². The minimum Gasteiger partial charge on any atom is -0.461 e. The van der Waals surface area contributed by atoms with Gasteiger partial charge in [0.15, 0.2) is 0 Å². The van der Waals surface area contributed by atoms with Crippen molar-refractivity contribution < 1.29 is 23.8 Å². The summed E-state index contributed by atoms with van der Waals surface area (Å²) >= 11 is 2.17. The molecule has 5 fully saturated rings. The number of hydrogen-bond donors (Lipinski definition) is 0. The van der Waals surface area contributed by atoms with Crippen molar-refractivity contribution in [2.75, 3.05) is 0 Å². The van der Waals surface area contributed by atoms with Gasteiger partial charge < -0.3 is 14.2 Å². The van der Waals surface area contributed by atoms with Crippen molar-refractivity contribution in [3.05, 3.63) is 0 Å². The van der Waals surface area contributed by atoms with Crippen LogP contribution in [-0.2, 0) is 19.0 Å². The van der Waals surface area contributed by atoms with Gasteiger partial charge in [-0.1, -0.05) is 29.5 Å². The van der Waals surface area contributed by atoms with Crippen LogP contribution in [0.1, 0.15) is 32.6 Å². The average molecular weight is 432 g/mol. The number of rotatable bonds is 3. The van der Waals surface area contributed by atoms with Gasteiger partial charge in [-0.05, 0) is 49.4 Å². The predicted molar refractivity (Wildman–Crippen MR) is 87.9 cm³/mol. The lowest BCUT2D eigenvalue weighted by atomic mass is 9.68. The van der Waals surface area contributed by atoms with Crippen LogP contribution in [0.5, 0.6) is 0 Å². The monoisotopic (exact) mass is 432 g/mol. The molecule has 4 aliphatic carbocycles. The molecule has 4 bridgehead atoms. The SMILES string of the molecule is CCC(I)C(=O)OC1CC2CC1C1C3CC(C4OC(=O)OC34)C21. The van der Waals surface area contributed by atoms with Gasteiger partial charge in [0.1, 0.15) is 22.2 Å². The number of halogens is 1. The summed E-state index contributed by atoms with van der Waals surface area (Å²) in [6, 6.07) is 0. The lowest BCUT2D eigenvalue weighted by Gasteiger charge is -2.40. The average Bonchev–Trinajstić information content (AvgIpc) is 3.26. The summed E-state index contributed by atoms with van der Waals surface area (Å²) in [6.07, 6.45) is 3.65. The Hall–Kier alpha value is -0.530. The van der Waals surface area contributed by atoms with E-state index in [0.29, 0.717) is 35.5 Å². The first-order valence-corrected chi connectivity index (χ1v) is 10.0. The number of carbonyl (C=O) groups excluding carboxylic acids is 2. The molecule has 1 heterocycles. The van der Waals surface area contributed by atoms with Crippen LogP contribution in [0.4, 0.5) is 4.79 Å². The Morgan fingerprint density at radius 1 is 1.17 bits per heavy atom. The van der Waals surface area contributed by atoms with Gasteiger partial charge in [-0.2, -0.15) is 0 Å². The molecule has 0 N–H and O–H groups in total. The summed E-state index contributed by atoms with van der Waals surface area (Å²) in [6.45, 7) is 2.01. The summed E-state index contributed by atoms with van der Waals surface area (Å²) in [5.74, 6) is 3.13. The van der Waals surface area contributed by atoms with Crippen molar-refractivity contribution >= 4 is 34.7 Å². The lowest BCUT2D eigenvalue weighted by Crippen LogP contribution is -2.46. The zero-order valence-corrected chi connectivity index (χ0v) is 15.2. The van der Waals surface area contributed by atoms with Gasteiger partial charge in [0.25, 0.3) is 0 Å². The van der Waals surface area contributed by atoms with Gasteiger partial charge in [0.05, 0.1) is 0 Å². The standard InChI is InChI=1S/C17H21IO5/c1-2-10(18)16(19)21-11-4-6-3-7(11)13-9-5-8(12(6)13)14-15(9)23-17(20)22-14/h6-15H,2-5H2,1H3. The van der Waals surface area contributed by atoms with E-state index < -0.39 is 6.16 Å². The highest BCUT2D eigenvalue weighted by Gasteiger charge is 2.71. The molecule has 0 aromatic carbocycles. The first-order chi connectivity index (χ1) is 11.1. The fourth-order valence-corrected chi connectivity index (χ4v) is 6.68. The first-order valence-electron chi connectivity index (χ1n) is 8.80. The Bertz CT molecular complexity index is 565. The molecule has 10 unspecified atom stereocenters. The van der Waals surface area contributed by atoms with Gasteiger partial charge >= 0.3 is 12.1 Å². The second-order valence-corrected chi connectivity index (χ2v) is 9.38. The summed E-state index contributed by atoms with van der Waals surface area (Å²) in [5, 5.41) is 0. The molecule has 0 amide bonds. The van der Waals surface area contributed by atoms with Crippen LogP contribution in [-0.4, -0.2) is 34.4 Å². The Morgan fingerprint density at radius 3 is 2.57 bits per heavy atom. The molecule has 0 aromatic heterocycles. The first kappa shape index (κ1) is 14.8. The van der Waals surface area contributed by atoms with Crippen LogP contribution >= 0.6 is 22.6 Å². The third-order valence-corrected chi connectivity index (χ3v) is 8.51. The van der Waals surface area contributed by atoms with Crippen molar-refractivity contribution in [1.82, 2.24) is 0 Å². The second kappa shape index (κ2) is 4.99. The summed E-state index contributed by atoms with van der Waals surface area (Å²) in [5.41, 5.74) is 0. The third-order valence-electron chi connectivity index (χ3n) is 7.12. The van der Waals surface area contributed by atoms with Crippen LogP contribution in [0.3, 0.4) is 0 Å². The second-order valence-electron chi connectivity index (χ2n) is 7.88. The highest BCUT2D eigenvalue weighted by molar-refractivity contribution is 14.1. The van der Waals surface area contributed by atoms with E-state index in [-0.39, 0.29) is 28.2 Å². The molecule has 126 valence electrons. The largest absolute Gasteiger partial charge is 0.509 e. The number of hydrogen-bond acceptors (Lipinski definition) is 5. The third kappa shape index (κ3) is 1.90. The van der Waals surface area contributed by atoms with Gasteiger partial charge in [-0.15, -0.1) is 0 Å². The van der Waals surface area contributed by atoms with Crippen molar-refractivity contribution in [1.29, 1.82) is 0 Å². The molecule has 5 nitrogen and oxygen atoms in total. The van der Waals surface area contributed by atoms with Crippen LogP contribution in [0.25, 0.3) is 0 Å². The van der Waals surface area contributed by atoms with Gasteiger partial charge in [0.2, 0.25) is 0 Å². The number of alkyl halides is 1. The molecule has 1 saturated heterocycles. The Kier molecular flexibility index (Phi) is 3.21. The van der Waals surface area contributed by atoms with Crippen molar-refractivity contribution in [2.45, 2.75) is 54.8 Å². The fraction of sp³-hybridized carbons (Fsp3) is 0.882. The van der Waals surface area contributed by atoms with Crippen molar-refractivity contribution in [2.24, 2.45) is 35.5 Å². The highest BCUT2D eigenvalue weighted by Crippen LogP contribution is 2.69. The molecule has 5 rings (SSSR count). The van der Waals surface area contributed by atoms with Gasteiger partial charge in [0, 0.05) is 11.8 Å². The van der Waals surface area contributed by atoms with Crippen molar-refractivity contribution in [3.8, 4) is 0 Å². The van der Waals surface area contributed by atoms with E-state index in [1.807, 2.05) is 6.92 Å². The van der Waals surface area contributed by atoms with Crippen LogP contribution in [0.15, 0.2) is 0 Å². The zero-order valence-electron chi connectivity index (χ0n) is 13.0. The van der Waals surface area contributed by atoms with Gasteiger partial charge in [-0.3, -0.25) is 4.79 Å². The highest BCUT2D eigenvalue weighted by atomic mass is 127. The molecule has 6 heteroatoms. The normalized spacial score (nSPS) is 52.8. The Balaban J connectivity index is 1.35. The minimum atomic E-state index is -0.485. The molecule has 5 aliphatic rings. The van der Waals surface area contributed by atoms with Crippen molar-refractivity contribution in [3.63, 3.8) is 0 Å². The number of carbonyl (C=O) groups is 2. The molecular formula is C17H21IO5. The van der Waals surface area contributed by atoms with E-state index in [0.717, 1.165) is 19.3 Å². The molecular weight excluding hydrogens is 411 g/mol. The number of fused-ring (bicyclic) bond motifs is 12. The topological polar surface area (TPSA) is 61.8 Å². The number of ether oxygens (including phenoxy) is 3. The van der Waals surface area contributed by atoms with E-state index in [1.54, 1.807) is 0 Å². The smallest absolute Gasteiger partial charge is 0.461 e. The predicted octanol–water partition coefficient (Wildman–Crippen LogP) is 2.94. The molecule has 1 aliphatic heterocycles.